The van der Waals surface area contributed by atoms with Gasteiger partial charge in [-0.15, -0.1) is 11.3 Å². The van der Waals surface area contributed by atoms with E-state index in [1.165, 1.54) is 11.3 Å². The van der Waals surface area contributed by atoms with E-state index < -0.39 is 6.10 Å². The van der Waals surface area contributed by atoms with Gasteiger partial charge in [0.1, 0.15) is 16.4 Å². The van der Waals surface area contributed by atoms with E-state index in [1.54, 1.807) is 7.11 Å². The van der Waals surface area contributed by atoms with Crippen molar-refractivity contribution in [3.63, 3.8) is 0 Å². The van der Waals surface area contributed by atoms with Gasteiger partial charge in [-0.25, -0.2) is 4.98 Å². The summed E-state index contributed by atoms with van der Waals surface area (Å²) in [6, 6.07) is 7.83. The number of aliphatic hydroxyl groups excluding tert-OH is 1. The van der Waals surface area contributed by atoms with Gasteiger partial charge in [-0.1, -0.05) is 26.0 Å². The Morgan fingerprint density at radius 1 is 1.22 bits per heavy atom. The topological polar surface area (TPSA) is 87.7 Å². The largest absolute Gasteiger partial charge is 0.497 e. The summed E-state index contributed by atoms with van der Waals surface area (Å²) in [6.07, 6.45) is -0.604. The standard InChI is InChI=1S/C24H33N3O4S/c1-15(2)12-31-13-18(28)10-27(16(3)4)11-21-25-23(29)22-20(14-32-24(22)26-21)17-7-6-8-19(9-17)30-5/h6-9,14-16,18,28H,10-13H2,1-5H3,(H,25,26,29). The summed E-state index contributed by atoms with van der Waals surface area (Å²) in [4.78, 5) is 23.4. The molecule has 32 heavy (non-hydrogen) atoms. The van der Waals surface area contributed by atoms with Gasteiger partial charge in [-0.05, 0) is 37.5 Å². The SMILES string of the molecule is COc1cccc(-c2csc3nc(CN(CC(O)COCC(C)C)C(C)C)[nH]c(=O)c23)c1. The molecule has 2 heterocycles. The molecule has 174 valence electrons. The van der Waals surface area contributed by atoms with E-state index in [0.717, 1.165) is 16.9 Å². The number of thiophene rings is 1. The quantitative estimate of drug-likeness (QED) is 0.452. The van der Waals surface area contributed by atoms with Crippen molar-refractivity contribution < 1.29 is 14.6 Å². The van der Waals surface area contributed by atoms with E-state index in [9.17, 15) is 9.90 Å². The number of hydrogen-bond acceptors (Lipinski definition) is 7. The number of ether oxygens (including phenoxy) is 2. The zero-order chi connectivity index (χ0) is 23.3. The number of benzene rings is 1. The summed E-state index contributed by atoms with van der Waals surface area (Å²) in [5.41, 5.74) is 1.61. The molecule has 0 aliphatic carbocycles. The predicted molar refractivity (Wildman–Crippen MR) is 129 cm³/mol. The lowest BCUT2D eigenvalue weighted by atomic mass is 10.1. The average molecular weight is 460 g/mol. The number of rotatable bonds is 11. The Bertz CT molecular complexity index is 1080. The van der Waals surface area contributed by atoms with Crippen LogP contribution in [0.2, 0.25) is 0 Å². The number of aromatic amines is 1. The van der Waals surface area contributed by atoms with Crippen molar-refractivity contribution in [2.24, 2.45) is 5.92 Å². The molecule has 1 aromatic carbocycles. The molecule has 3 aromatic rings. The second-order valence-corrected chi connectivity index (χ2v) is 9.54. The molecule has 7 nitrogen and oxygen atoms in total. The molecule has 0 saturated heterocycles. The van der Waals surface area contributed by atoms with Gasteiger partial charge in [0.15, 0.2) is 0 Å². The Hall–Kier alpha value is -2.26. The lowest BCUT2D eigenvalue weighted by Gasteiger charge is -2.28. The van der Waals surface area contributed by atoms with Crippen LogP contribution in [-0.4, -0.2) is 59.0 Å². The molecule has 8 heteroatoms. The van der Waals surface area contributed by atoms with Gasteiger partial charge in [0.05, 0.1) is 31.8 Å². The summed E-state index contributed by atoms with van der Waals surface area (Å²) >= 11 is 1.45. The van der Waals surface area contributed by atoms with Crippen LogP contribution < -0.4 is 10.3 Å². The minimum absolute atomic E-state index is 0.159. The van der Waals surface area contributed by atoms with Gasteiger partial charge < -0.3 is 19.6 Å². The van der Waals surface area contributed by atoms with Crippen LogP contribution in [0, 0.1) is 5.92 Å². The molecular formula is C24H33N3O4S. The number of aliphatic hydroxyl groups is 1. The van der Waals surface area contributed by atoms with Gasteiger partial charge in [0.2, 0.25) is 0 Å². The Kier molecular flexibility index (Phi) is 8.42. The van der Waals surface area contributed by atoms with Gasteiger partial charge in [-0.2, -0.15) is 0 Å². The van der Waals surface area contributed by atoms with Crippen LogP contribution in [0.5, 0.6) is 5.75 Å². The Balaban J connectivity index is 1.79. The minimum Gasteiger partial charge on any atom is -0.497 e. The summed E-state index contributed by atoms with van der Waals surface area (Å²) in [6.45, 7) is 10.1. The molecule has 0 amide bonds. The Morgan fingerprint density at radius 2 is 2.00 bits per heavy atom. The lowest BCUT2D eigenvalue weighted by molar-refractivity contribution is 0.00129. The lowest BCUT2D eigenvalue weighted by Crippen LogP contribution is -2.39. The van der Waals surface area contributed by atoms with E-state index >= 15 is 0 Å². The molecule has 0 spiro atoms. The first-order valence-electron chi connectivity index (χ1n) is 10.9. The zero-order valence-electron chi connectivity index (χ0n) is 19.4. The molecular weight excluding hydrogens is 426 g/mol. The van der Waals surface area contributed by atoms with E-state index in [2.05, 4.69) is 37.6 Å². The molecule has 0 saturated carbocycles. The zero-order valence-corrected chi connectivity index (χ0v) is 20.2. The van der Waals surface area contributed by atoms with Crippen LogP contribution in [0.1, 0.15) is 33.5 Å². The number of nitrogens with one attached hydrogen (secondary N) is 1. The van der Waals surface area contributed by atoms with Crippen LogP contribution in [0.25, 0.3) is 21.3 Å². The number of hydrogen-bond donors (Lipinski definition) is 2. The normalized spacial score (nSPS) is 12.9. The number of H-pyrrole nitrogens is 1. The molecule has 0 bridgehead atoms. The van der Waals surface area contributed by atoms with Crippen molar-refractivity contribution in [3.8, 4) is 16.9 Å². The third kappa shape index (κ3) is 6.16. The third-order valence-electron chi connectivity index (χ3n) is 5.16. The number of nitrogens with zero attached hydrogens (tertiary/aromatic N) is 2. The summed E-state index contributed by atoms with van der Waals surface area (Å²) < 4.78 is 10.9. The first-order valence-corrected chi connectivity index (χ1v) is 11.8. The maximum absolute atomic E-state index is 13.0. The first-order chi connectivity index (χ1) is 15.3. The van der Waals surface area contributed by atoms with Crippen LogP contribution in [0.4, 0.5) is 0 Å². The van der Waals surface area contributed by atoms with Crippen LogP contribution in [0.3, 0.4) is 0 Å². The highest BCUT2D eigenvalue weighted by atomic mass is 32.1. The molecule has 1 atom stereocenters. The molecule has 0 aliphatic heterocycles. The number of fused-ring (bicyclic) bond motifs is 1. The predicted octanol–water partition coefficient (Wildman–Crippen LogP) is 3.90. The van der Waals surface area contributed by atoms with E-state index in [4.69, 9.17) is 14.5 Å². The highest BCUT2D eigenvalue weighted by Gasteiger charge is 2.19. The minimum atomic E-state index is -0.604. The molecule has 0 aliphatic rings. The van der Waals surface area contributed by atoms with Crippen molar-refractivity contribution >= 4 is 21.6 Å². The van der Waals surface area contributed by atoms with Gasteiger partial charge in [0, 0.05) is 30.1 Å². The monoisotopic (exact) mass is 459 g/mol. The molecule has 1 unspecified atom stereocenters. The van der Waals surface area contributed by atoms with Gasteiger partial charge in [0.25, 0.3) is 5.56 Å². The van der Waals surface area contributed by atoms with Crippen LogP contribution in [0.15, 0.2) is 34.4 Å². The second-order valence-electron chi connectivity index (χ2n) is 8.68. The first kappa shape index (κ1) is 24.4. The Labute approximate surface area is 193 Å². The van der Waals surface area contributed by atoms with Crippen LogP contribution >= 0.6 is 11.3 Å². The molecule has 2 N–H and O–H groups in total. The third-order valence-corrected chi connectivity index (χ3v) is 6.04. The van der Waals surface area contributed by atoms with Crippen molar-refractivity contribution in [2.45, 2.75) is 46.4 Å². The summed E-state index contributed by atoms with van der Waals surface area (Å²) in [5.74, 6) is 1.76. The highest BCUT2D eigenvalue weighted by molar-refractivity contribution is 7.17. The van der Waals surface area contributed by atoms with Crippen molar-refractivity contribution in [3.05, 3.63) is 45.8 Å². The van der Waals surface area contributed by atoms with E-state index in [0.29, 0.717) is 48.3 Å². The smallest absolute Gasteiger partial charge is 0.260 e. The fraction of sp³-hybridized carbons (Fsp3) is 0.500. The average Bonchev–Trinajstić information content (AvgIpc) is 3.17. The maximum atomic E-state index is 13.0. The second kappa shape index (κ2) is 11.0. The summed E-state index contributed by atoms with van der Waals surface area (Å²) in [7, 11) is 1.62. The molecule has 0 fully saturated rings. The number of methoxy groups -OCH3 is 1. The van der Waals surface area contributed by atoms with Crippen molar-refractivity contribution in [1.29, 1.82) is 0 Å². The van der Waals surface area contributed by atoms with Crippen molar-refractivity contribution in [2.75, 3.05) is 26.9 Å². The van der Waals surface area contributed by atoms with Crippen LogP contribution in [-0.2, 0) is 11.3 Å². The van der Waals surface area contributed by atoms with Gasteiger partial charge >= 0.3 is 0 Å². The van der Waals surface area contributed by atoms with Crippen molar-refractivity contribution in [1.82, 2.24) is 14.9 Å². The molecule has 3 rings (SSSR count). The number of aromatic nitrogens is 2. The fourth-order valence-corrected chi connectivity index (χ4v) is 4.45. The van der Waals surface area contributed by atoms with E-state index in [1.807, 2.05) is 29.6 Å². The van der Waals surface area contributed by atoms with E-state index in [-0.39, 0.29) is 11.6 Å². The summed E-state index contributed by atoms with van der Waals surface area (Å²) in [5, 5.41) is 12.9. The fourth-order valence-electron chi connectivity index (χ4n) is 3.48. The highest BCUT2D eigenvalue weighted by Crippen LogP contribution is 2.32. The van der Waals surface area contributed by atoms with Gasteiger partial charge in [-0.3, -0.25) is 9.69 Å². The maximum Gasteiger partial charge on any atom is 0.260 e. The Morgan fingerprint density at radius 3 is 2.69 bits per heavy atom. The molecule has 0 radical (unpaired) electrons. The molecule has 2 aromatic heterocycles.